The van der Waals surface area contributed by atoms with Crippen LogP contribution in [0.4, 0.5) is 0 Å². The number of unbranched alkanes of at least 4 members (excludes halogenated alkanes) is 1. The lowest BCUT2D eigenvalue weighted by atomic mass is 9.93. The molecule has 0 amide bonds. The minimum atomic E-state index is 0.280. The van der Waals surface area contributed by atoms with E-state index in [1.807, 2.05) is 0 Å². The van der Waals surface area contributed by atoms with Gasteiger partial charge in [-0.15, -0.1) is 0 Å². The Balaban J connectivity index is 3.01. The average Bonchev–Trinajstić information content (AvgIpc) is 1.94. The van der Waals surface area contributed by atoms with Gasteiger partial charge in [-0.25, -0.2) is 0 Å². The van der Waals surface area contributed by atoms with E-state index >= 15 is 0 Å². The molecule has 0 aliphatic carbocycles. The highest BCUT2D eigenvalue weighted by molar-refractivity contribution is 4.59. The lowest BCUT2D eigenvalue weighted by Gasteiger charge is -2.17. The van der Waals surface area contributed by atoms with Crippen LogP contribution >= 0.6 is 0 Å². The SMILES string of the molecule is CC(C)(C)CCOCCCCO. The van der Waals surface area contributed by atoms with E-state index in [0.29, 0.717) is 5.41 Å². The lowest BCUT2D eigenvalue weighted by molar-refractivity contribution is 0.102. The summed E-state index contributed by atoms with van der Waals surface area (Å²) in [5.41, 5.74) is 0.372. The van der Waals surface area contributed by atoms with Gasteiger partial charge in [0.05, 0.1) is 0 Å². The molecule has 0 heterocycles. The summed E-state index contributed by atoms with van der Waals surface area (Å²) in [5, 5.41) is 8.50. The predicted molar refractivity (Wildman–Crippen MR) is 51.2 cm³/mol. The first-order chi connectivity index (χ1) is 5.56. The predicted octanol–water partition coefficient (Wildman–Crippen LogP) is 2.21. The molecular weight excluding hydrogens is 152 g/mol. The van der Waals surface area contributed by atoms with Gasteiger partial charge in [0.15, 0.2) is 0 Å². The number of aliphatic hydroxyl groups is 1. The zero-order valence-corrected chi connectivity index (χ0v) is 8.60. The molecule has 0 atom stereocenters. The first kappa shape index (κ1) is 11.9. The molecule has 0 aromatic heterocycles. The summed E-state index contributed by atoms with van der Waals surface area (Å²) in [4.78, 5) is 0. The van der Waals surface area contributed by atoms with Gasteiger partial charge in [0.25, 0.3) is 0 Å². The Hall–Kier alpha value is -0.0800. The van der Waals surface area contributed by atoms with Crippen LogP contribution < -0.4 is 0 Å². The molecule has 0 fully saturated rings. The summed E-state index contributed by atoms with van der Waals surface area (Å²) in [6.07, 6.45) is 2.93. The van der Waals surface area contributed by atoms with E-state index in [1.165, 1.54) is 0 Å². The van der Waals surface area contributed by atoms with Crippen LogP contribution in [0, 0.1) is 5.41 Å². The van der Waals surface area contributed by atoms with Crippen molar-refractivity contribution in [1.82, 2.24) is 0 Å². The molecule has 0 aliphatic heterocycles. The first-order valence-corrected chi connectivity index (χ1v) is 4.75. The van der Waals surface area contributed by atoms with Crippen molar-refractivity contribution < 1.29 is 9.84 Å². The summed E-state index contributed by atoms with van der Waals surface area (Å²) in [6.45, 7) is 8.55. The Morgan fingerprint density at radius 1 is 1.08 bits per heavy atom. The highest BCUT2D eigenvalue weighted by atomic mass is 16.5. The van der Waals surface area contributed by atoms with Crippen molar-refractivity contribution in [3.05, 3.63) is 0 Å². The fourth-order valence-corrected chi connectivity index (χ4v) is 0.796. The van der Waals surface area contributed by atoms with Crippen LogP contribution in [-0.4, -0.2) is 24.9 Å². The Morgan fingerprint density at radius 2 is 1.75 bits per heavy atom. The zero-order valence-electron chi connectivity index (χ0n) is 8.60. The molecule has 0 radical (unpaired) electrons. The fourth-order valence-electron chi connectivity index (χ4n) is 0.796. The Bertz CT molecular complexity index is 94.5. The Labute approximate surface area is 75.9 Å². The van der Waals surface area contributed by atoms with E-state index in [4.69, 9.17) is 9.84 Å². The average molecular weight is 174 g/mol. The maximum atomic E-state index is 8.50. The maximum Gasteiger partial charge on any atom is 0.0471 e. The largest absolute Gasteiger partial charge is 0.396 e. The van der Waals surface area contributed by atoms with Gasteiger partial charge in [-0.3, -0.25) is 0 Å². The van der Waals surface area contributed by atoms with Gasteiger partial charge in [0.2, 0.25) is 0 Å². The van der Waals surface area contributed by atoms with Crippen molar-refractivity contribution in [1.29, 1.82) is 0 Å². The maximum absolute atomic E-state index is 8.50. The van der Waals surface area contributed by atoms with E-state index in [1.54, 1.807) is 0 Å². The van der Waals surface area contributed by atoms with Crippen molar-refractivity contribution in [2.45, 2.75) is 40.0 Å². The second kappa shape index (κ2) is 6.44. The van der Waals surface area contributed by atoms with Crippen molar-refractivity contribution in [2.24, 2.45) is 5.41 Å². The van der Waals surface area contributed by atoms with Crippen molar-refractivity contribution >= 4 is 0 Å². The molecule has 1 N–H and O–H groups in total. The minimum Gasteiger partial charge on any atom is -0.396 e. The highest BCUT2D eigenvalue weighted by Crippen LogP contribution is 2.17. The second-order valence-electron chi connectivity index (χ2n) is 4.35. The molecule has 0 aromatic rings. The van der Waals surface area contributed by atoms with Crippen LogP contribution in [0.3, 0.4) is 0 Å². The van der Waals surface area contributed by atoms with E-state index in [9.17, 15) is 0 Å². The topological polar surface area (TPSA) is 29.5 Å². The first-order valence-electron chi connectivity index (χ1n) is 4.75. The highest BCUT2D eigenvalue weighted by Gasteiger charge is 2.08. The molecule has 0 aliphatic rings. The van der Waals surface area contributed by atoms with E-state index < -0.39 is 0 Å². The van der Waals surface area contributed by atoms with Crippen molar-refractivity contribution in [3.8, 4) is 0 Å². The molecule has 0 aromatic carbocycles. The molecule has 74 valence electrons. The third-order valence-corrected chi connectivity index (χ3v) is 1.69. The minimum absolute atomic E-state index is 0.280. The van der Waals surface area contributed by atoms with Crippen LogP contribution in [0.1, 0.15) is 40.0 Å². The third-order valence-electron chi connectivity index (χ3n) is 1.69. The summed E-state index contributed by atoms with van der Waals surface area (Å²) in [6, 6.07) is 0. The molecule has 0 spiro atoms. The van der Waals surface area contributed by atoms with Gasteiger partial charge in [-0.1, -0.05) is 20.8 Å². The fraction of sp³-hybridized carbons (Fsp3) is 1.00. The quantitative estimate of drug-likeness (QED) is 0.626. The molecular formula is C10H22O2. The van der Waals surface area contributed by atoms with Crippen LogP contribution in [0.25, 0.3) is 0 Å². The normalized spacial score (nSPS) is 12.0. The smallest absolute Gasteiger partial charge is 0.0471 e. The number of aliphatic hydroxyl groups excluding tert-OH is 1. The second-order valence-corrected chi connectivity index (χ2v) is 4.35. The summed E-state index contributed by atoms with van der Waals surface area (Å²) in [5.74, 6) is 0. The number of rotatable bonds is 6. The Kier molecular flexibility index (Phi) is 6.39. The van der Waals surface area contributed by atoms with Gasteiger partial charge in [0, 0.05) is 19.8 Å². The molecule has 12 heavy (non-hydrogen) atoms. The van der Waals surface area contributed by atoms with Crippen LogP contribution in [0.5, 0.6) is 0 Å². The molecule has 0 unspecified atom stereocenters. The van der Waals surface area contributed by atoms with Crippen LogP contribution in [0.2, 0.25) is 0 Å². The molecule has 0 bridgehead atoms. The van der Waals surface area contributed by atoms with Gasteiger partial charge in [-0.05, 0) is 24.7 Å². The van der Waals surface area contributed by atoms with Crippen LogP contribution in [0.15, 0.2) is 0 Å². The summed E-state index contributed by atoms with van der Waals surface area (Å²) < 4.78 is 5.40. The van der Waals surface area contributed by atoms with Gasteiger partial charge in [-0.2, -0.15) is 0 Å². The van der Waals surface area contributed by atoms with E-state index in [2.05, 4.69) is 20.8 Å². The standard InChI is InChI=1S/C10H22O2/c1-10(2,3)6-9-12-8-5-4-7-11/h11H,4-9H2,1-3H3. The number of ether oxygens (including phenoxy) is 1. The molecule has 0 saturated carbocycles. The van der Waals surface area contributed by atoms with Gasteiger partial charge >= 0.3 is 0 Å². The summed E-state index contributed by atoms with van der Waals surface area (Å²) >= 11 is 0. The van der Waals surface area contributed by atoms with Gasteiger partial charge < -0.3 is 9.84 Å². The lowest BCUT2D eigenvalue weighted by Crippen LogP contribution is -2.10. The van der Waals surface area contributed by atoms with Crippen molar-refractivity contribution in [2.75, 3.05) is 19.8 Å². The molecule has 0 saturated heterocycles. The third kappa shape index (κ3) is 9.92. The molecule has 2 heteroatoms. The van der Waals surface area contributed by atoms with Crippen LogP contribution in [-0.2, 0) is 4.74 Å². The van der Waals surface area contributed by atoms with Crippen molar-refractivity contribution in [3.63, 3.8) is 0 Å². The summed E-state index contributed by atoms with van der Waals surface area (Å²) in [7, 11) is 0. The zero-order chi connectivity index (χ0) is 9.45. The number of hydrogen-bond donors (Lipinski definition) is 1. The molecule has 2 nitrogen and oxygen atoms in total. The molecule has 0 rings (SSSR count). The Morgan fingerprint density at radius 3 is 2.25 bits per heavy atom. The van der Waals surface area contributed by atoms with E-state index in [0.717, 1.165) is 32.5 Å². The van der Waals surface area contributed by atoms with E-state index in [-0.39, 0.29) is 6.61 Å². The monoisotopic (exact) mass is 174 g/mol. The van der Waals surface area contributed by atoms with Gasteiger partial charge in [0.1, 0.15) is 0 Å². The number of hydrogen-bond acceptors (Lipinski definition) is 2.